The molecule has 0 spiro atoms. The van der Waals surface area contributed by atoms with E-state index in [2.05, 4.69) is 38.3 Å². The van der Waals surface area contributed by atoms with Crippen LogP contribution in [0.25, 0.3) is 11.2 Å². The van der Waals surface area contributed by atoms with Gasteiger partial charge in [-0.15, -0.1) is 11.6 Å². The van der Waals surface area contributed by atoms with Crippen LogP contribution in [-0.2, 0) is 6.42 Å². The summed E-state index contributed by atoms with van der Waals surface area (Å²) in [7, 11) is 0. The Morgan fingerprint density at radius 3 is 2.35 bits per heavy atom. The molecule has 0 amide bonds. The molecule has 1 aliphatic carbocycles. The summed E-state index contributed by atoms with van der Waals surface area (Å²) in [4.78, 5) is 9.48. The van der Waals surface area contributed by atoms with E-state index < -0.39 is 0 Å². The molecule has 2 aromatic heterocycles. The first-order chi connectivity index (χ1) is 9.30. The van der Waals surface area contributed by atoms with Crippen LogP contribution in [-0.4, -0.2) is 20.4 Å². The van der Waals surface area contributed by atoms with Gasteiger partial charge >= 0.3 is 0 Å². The molecule has 0 aliphatic heterocycles. The van der Waals surface area contributed by atoms with Gasteiger partial charge in [-0.3, -0.25) is 0 Å². The van der Waals surface area contributed by atoms with Crippen molar-refractivity contribution in [1.82, 2.24) is 14.5 Å². The number of aromatic nitrogens is 3. The Bertz CT molecular complexity index is 656. The van der Waals surface area contributed by atoms with Crippen molar-refractivity contribution < 1.29 is 0 Å². The zero-order valence-electron chi connectivity index (χ0n) is 12.9. The number of nitrogens with zero attached hydrogens (tertiary/aromatic N) is 3. The van der Waals surface area contributed by atoms with Crippen molar-refractivity contribution in [2.24, 2.45) is 10.8 Å². The summed E-state index contributed by atoms with van der Waals surface area (Å²) >= 11 is 5.96. The highest BCUT2D eigenvalue weighted by Crippen LogP contribution is 2.71. The minimum atomic E-state index is 0.257. The number of imidazole rings is 1. The average Bonchev–Trinajstić information content (AvgIpc) is 2.65. The molecule has 2 heterocycles. The number of fused-ring (bicyclic) bond motifs is 1. The van der Waals surface area contributed by atoms with Gasteiger partial charge in [0.1, 0.15) is 11.3 Å². The van der Waals surface area contributed by atoms with E-state index in [1.165, 1.54) is 0 Å². The maximum atomic E-state index is 5.96. The Morgan fingerprint density at radius 2 is 1.80 bits per heavy atom. The van der Waals surface area contributed by atoms with Crippen LogP contribution >= 0.6 is 11.6 Å². The third-order valence-corrected chi connectivity index (χ3v) is 5.46. The minimum absolute atomic E-state index is 0.257. The first-order valence-electron chi connectivity index (χ1n) is 7.21. The fourth-order valence-electron chi connectivity index (χ4n) is 3.45. The van der Waals surface area contributed by atoms with E-state index in [1.54, 1.807) is 0 Å². The highest BCUT2D eigenvalue weighted by Gasteiger charge is 2.66. The molecule has 20 heavy (non-hydrogen) atoms. The number of alkyl halides is 1. The van der Waals surface area contributed by atoms with Crippen LogP contribution in [0.2, 0.25) is 0 Å². The third kappa shape index (κ3) is 1.72. The van der Waals surface area contributed by atoms with Gasteiger partial charge in [-0.2, -0.15) is 0 Å². The molecule has 0 radical (unpaired) electrons. The first-order valence-corrected chi connectivity index (χ1v) is 7.74. The predicted molar refractivity (Wildman–Crippen MR) is 83.3 cm³/mol. The van der Waals surface area contributed by atoms with E-state index >= 15 is 0 Å². The van der Waals surface area contributed by atoms with Gasteiger partial charge in [-0.05, 0) is 29.9 Å². The number of halogens is 1. The number of hydrogen-bond donors (Lipinski definition) is 0. The second kappa shape index (κ2) is 4.20. The molecular formula is C16H22ClN3. The highest BCUT2D eigenvalue weighted by molar-refractivity contribution is 6.17. The van der Waals surface area contributed by atoms with E-state index in [0.717, 1.165) is 29.1 Å². The van der Waals surface area contributed by atoms with E-state index in [-0.39, 0.29) is 10.8 Å². The molecular weight excluding hydrogens is 270 g/mol. The van der Waals surface area contributed by atoms with Crippen molar-refractivity contribution in [2.45, 2.75) is 47.1 Å². The summed E-state index contributed by atoms with van der Waals surface area (Å²) < 4.78 is 2.34. The number of rotatable bonds is 3. The second-order valence-electron chi connectivity index (χ2n) is 6.98. The van der Waals surface area contributed by atoms with Crippen molar-refractivity contribution in [2.75, 3.05) is 5.88 Å². The fourth-order valence-corrected chi connectivity index (χ4v) is 3.62. The first kappa shape index (κ1) is 13.9. The minimum Gasteiger partial charge on any atom is -0.308 e. The van der Waals surface area contributed by atoms with Crippen LogP contribution in [0.5, 0.6) is 0 Å². The van der Waals surface area contributed by atoms with Crippen molar-refractivity contribution >= 4 is 22.8 Å². The van der Waals surface area contributed by atoms with Crippen LogP contribution in [0.3, 0.4) is 0 Å². The molecule has 108 valence electrons. The summed E-state index contributed by atoms with van der Waals surface area (Å²) in [6.45, 7) is 11.3. The molecule has 4 heteroatoms. The summed E-state index contributed by atoms with van der Waals surface area (Å²) in [5.74, 6) is 1.66. The summed E-state index contributed by atoms with van der Waals surface area (Å²) in [5.41, 5.74) is 3.54. The molecule has 0 atom stereocenters. The lowest BCUT2D eigenvalue weighted by Crippen LogP contribution is -2.08. The summed E-state index contributed by atoms with van der Waals surface area (Å²) in [6, 6.07) is 4.52. The lowest BCUT2D eigenvalue weighted by atomic mass is 10.0. The Kier molecular flexibility index (Phi) is 2.91. The van der Waals surface area contributed by atoms with Gasteiger partial charge in [0, 0.05) is 24.0 Å². The Balaban J connectivity index is 2.22. The predicted octanol–water partition coefficient (Wildman–Crippen LogP) is 4.13. The third-order valence-electron chi connectivity index (χ3n) is 5.27. The molecule has 1 saturated carbocycles. The van der Waals surface area contributed by atoms with Crippen LogP contribution < -0.4 is 0 Å². The number of hydrogen-bond acceptors (Lipinski definition) is 2. The Labute approximate surface area is 125 Å². The van der Waals surface area contributed by atoms with E-state index in [4.69, 9.17) is 21.6 Å². The molecule has 0 aromatic carbocycles. The monoisotopic (exact) mass is 291 g/mol. The molecule has 3 rings (SSSR count). The van der Waals surface area contributed by atoms with Crippen molar-refractivity contribution in [3.63, 3.8) is 0 Å². The molecule has 0 saturated heterocycles. The maximum Gasteiger partial charge on any atom is 0.160 e. The van der Waals surface area contributed by atoms with E-state index in [9.17, 15) is 0 Å². The van der Waals surface area contributed by atoms with Gasteiger partial charge in [-0.25, -0.2) is 9.97 Å². The quantitative estimate of drug-likeness (QED) is 0.796. The molecule has 0 unspecified atom stereocenters. The fraction of sp³-hybridized carbons (Fsp3) is 0.625. The van der Waals surface area contributed by atoms with Crippen LogP contribution in [0.1, 0.15) is 45.3 Å². The standard InChI is InChI=1S/C16H22ClN3/c1-10-6-7-11-13(18-10)20(12(19-11)8-9-17)14-15(2,3)16(14,4)5/h6-7,14H,8-9H2,1-5H3. The number of aryl methyl sites for hydroxylation is 2. The van der Waals surface area contributed by atoms with Crippen molar-refractivity contribution in [1.29, 1.82) is 0 Å². The molecule has 1 aliphatic rings. The topological polar surface area (TPSA) is 30.7 Å². The average molecular weight is 292 g/mol. The smallest absolute Gasteiger partial charge is 0.160 e. The summed E-state index contributed by atoms with van der Waals surface area (Å²) in [5, 5.41) is 0. The molecule has 3 nitrogen and oxygen atoms in total. The van der Waals surface area contributed by atoms with Gasteiger partial charge in [0.25, 0.3) is 0 Å². The van der Waals surface area contributed by atoms with Crippen molar-refractivity contribution in [3.05, 3.63) is 23.7 Å². The van der Waals surface area contributed by atoms with Crippen molar-refractivity contribution in [3.8, 4) is 0 Å². The Morgan fingerprint density at radius 1 is 1.15 bits per heavy atom. The van der Waals surface area contributed by atoms with Crippen LogP contribution in [0.4, 0.5) is 0 Å². The van der Waals surface area contributed by atoms with Crippen LogP contribution in [0.15, 0.2) is 12.1 Å². The highest BCUT2D eigenvalue weighted by atomic mass is 35.5. The zero-order chi connectivity index (χ0) is 14.7. The Hall–Kier alpha value is -1.09. The largest absolute Gasteiger partial charge is 0.308 e. The number of pyridine rings is 1. The second-order valence-corrected chi connectivity index (χ2v) is 7.36. The van der Waals surface area contributed by atoms with Crippen LogP contribution in [0, 0.1) is 17.8 Å². The lowest BCUT2D eigenvalue weighted by molar-refractivity contribution is 0.457. The SMILES string of the molecule is Cc1ccc2nc(CCCl)n(C3C(C)(C)C3(C)C)c2n1. The van der Waals surface area contributed by atoms with Gasteiger partial charge in [0.05, 0.1) is 0 Å². The zero-order valence-corrected chi connectivity index (χ0v) is 13.6. The maximum absolute atomic E-state index is 5.96. The van der Waals surface area contributed by atoms with E-state index in [1.807, 2.05) is 13.0 Å². The lowest BCUT2D eigenvalue weighted by Gasteiger charge is -2.10. The van der Waals surface area contributed by atoms with E-state index in [0.29, 0.717) is 11.9 Å². The molecule has 2 aromatic rings. The summed E-state index contributed by atoms with van der Waals surface area (Å²) in [6.07, 6.45) is 0.791. The molecule has 0 bridgehead atoms. The molecule has 0 N–H and O–H groups in total. The van der Waals surface area contributed by atoms with Gasteiger partial charge < -0.3 is 4.57 Å². The van der Waals surface area contributed by atoms with Gasteiger partial charge in [-0.1, -0.05) is 27.7 Å². The normalized spacial score (nSPS) is 20.5. The van der Waals surface area contributed by atoms with Gasteiger partial charge in [0.2, 0.25) is 0 Å². The van der Waals surface area contributed by atoms with Gasteiger partial charge in [0.15, 0.2) is 5.65 Å². The molecule has 1 fully saturated rings.